The van der Waals surface area contributed by atoms with Gasteiger partial charge in [0, 0.05) is 50.0 Å². The summed E-state index contributed by atoms with van der Waals surface area (Å²) in [5.74, 6) is 0.733. The Hall–Kier alpha value is -2.70. The van der Waals surface area contributed by atoms with Crippen LogP contribution in [0, 0.1) is 25.7 Å². The smallest absolute Gasteiger partial charge is 0.382 e. The summed E-state index contributed by atoms with van der Waals surface area (Å²) in [5.41, 5.74) is 2.67. The number of halogens is 3. The number of aryl methyl sites for hydroxylation is 2. The molecule has 1 saturated heterocycles. The van der Waals surface area contributed by atoms with Crippen LogP contribution in [-0.2, 0) is 11.0 Å². The van der Waals surface area contributed by atoms with E-state index in [1.165, 1.54) is 30.3 Å². The quantitative estimate of drug-likeness (QED) is 0.480. The predicted octanol–water partition coefficient (Wildman–Crippen LogP) is 6.67. The SMILES string of the molecule is Cc1ccc(N2CCC(CN(C)C(=O)C3CCC(Nc4ccc(C)c(C(F)(F)F)c4)CC3)CC2)cc1. The molecule has 1 N–H and O–H groups in total. The van der Waals surface area contributed by atoms with Crippen LogP contribution in [0.15, 0.2) is 42.5 Å². The normalized spacial score (nSPS) is 21.3. The van der Waals surface area contributed by atoms with Crippen LogP contribution in [0.2, 0.25) is 0 Å². The molecule has 2 aromatic rings. The number of anilines is 2. The third-order valence-corrected chi connectivity index (χ3v) is 7.91. The third kappa shape index (κ3) is 6.54. The van der Waals surface area contributed by atoms with Crippen LogP contribution in [0.1, 0.15) is 55.2 Å². The van der Waals surface area contributed by atoms with Crippen LogP contribution in [0.5, 0.6) is 0 Å². The summed E-state index contributed by atoms with van der Waals surface area (Å²) >= 11 is 0. The number of nitrogens with zero attached hydrogens (tertiary/aromatic N) is 2. The van der Waals surface area contributed by atoms with Crippen molar-refractivity contribution in [2.24, 2.45) is 11.8 Å². The lowest BCUT2D eigenvalue weighted by molar-refractivity contribution is -0.138. The number of rotatable bonds is 6. The maximum atomic E-state index is 13.2. The van der Waals surface area contributed by atoms with Crippen molar-refractivity contribution in [3.63, 3.8) is 0 Å². The number of hydrogen-bond acceptors (Lipinski definition) is 3. The maximum Gasteiger partial charge on any atom is 0.416 e. The lowest BCUT2D eigenvalue weighted by atomic mass is 9.84. The molecule has 2 fully saturated rings. The first-order valence-corrected chi connectivity index (χ1v) is 13.1. The lowest BCUT2D eigenvalue weighted by Crippen LogP contribution is -2.42. The summed E-state index contributed by atoms with van der Waals surface area (Å²) in [4.78, 5) is 17.5. The van der Waals surface area contributed by atoms with E-state index in [0.29, 0.717) is 11.6 Å². The zero-order valence-corrected chi connectivity index (χ0v) is 21.6. The number of hydrogen-bond donors (Lipinski definition) is 1. The van der Waals surface area contributed by atoms with Crippen molar-refractivity contribution in [1.82, 2.24) is 4.90 Å². The minimum absolute atomic E-state index is 0.00412. The molecule has 0 atom stereocenters. The second-order valence-corrected chi connectivity index (χ2v) is 10.7. The van der Waals surface area contributed by atoms with Crippen molar-refractivity contribution in [1.29, 1.82) is 0 Å². The second kappa shape index (κ2) is 11.1. The highest BCUT2D eigenvalue weighted by Crippen LogP contribution is 2.35. The van der Waals surface area contributed by atoms with Gasteiger partial charge >= 0.3 is 6.18 Å². The first-order valence-electron chi connectivity index (χ1n) is 13.1. The van der Waals surface area contributed by atoms with Crippen LogP contribution in [0.3, 0.4) is 0 Å². The highest BCUT2D eigenvalue weighted by Gasteiger charge is 2.33. The van der Waals surface area contributed by atoms with Crippen molar-refractivity contribution < 1.29 is 18.0 Å². The van der Waals surface area contributed by atoms with Crippen LogP contribution >= 0.6 is 0 Å². The zero-order valence-electron chi connectivity index (χ0n) is 21.6. The summed E-state index contributed by atoms with van der Waals surface area (Å²) in [7, 11) is 1.92. The van der Waals surface area contributed by atoms with Crippen LogP contribution in [0.4, 0.5) is 24.5 Å². The van der Waals surface area contributed by atoms with Crippen molar-refractivity contribution in [3.05, 3.63) is 59.2 Å². The fourth-order valence-electron chi connectivity index (χ4n) is 5.66. The first kappa shape index (κ1) is 26.4. The Morgan fingerprint density at radius 3 is 2.22 bits per heavy atom. The number of nitrogens with one attached hydrogen (secondary N) is 1. The van der Waals surface area contributed by atoms with Gasteiger partial charge in [-0.3, -0.25) is 4.79 Å². The Kier molecular flexibility index (Phi) is 8.16. The van der Waals surface area contributed by atoms with Crippen molar-refractivity contribution in [3.8, 4) is 0 Å². The van der Waals surface area contributed by atoms with E-state index in [9.17, 15) is 18.0 Å². The van der Waals surface area contributed by atoms with Gasteiger partial charge in [0.1, 0.15) is 0 Å². The topological polar surface area (TPSA) is 35.6 Å². The van der Waals surface area contributed by atoms with Gasteiger partial charge in [0.15, 0.2) is 0 Å². The Bertz CT molecular complexity index is 1020. The van der Waals surface area contributed by atoms with E-state index in [0.717, 1.165) is 58.2 Å². The average Bonchev–Trinajstić information content (AvgIpc) is 2.85. The van der Waals surface area contributed by atoms with Gasteiger partial charge in [-0.25, -0.2) is 0 Å². The number of benzene rings is 2. The molecule has 0 radical (unpaired) electrons. The van der Waals surface area contributed by atoms with Gasteiger partial charge in [-0.15, -0.1) is 0 Å². The van der Waals surface area contributed by atoms with E-state index in [1.54, 1.807) is 6.07 Å². The Morgan fingerprint density at radius 1 is 0.972 bits per heavy atom. The van der Waals surface area contributed by atoms with Gasteiger partial charge in [0.25, 0.3) is 0 Å². The standard InChI is InChI=1S/C29H38F3N3O/c1-20-4-12-26(13-5-20)35-16-14-22(15-17-35)19-34(3)28(36)23-7-10-24(11-8-23)33-25-9-6-21(2)27(18-25)29(30,31)32/h4-6,9,12-13,18,22-24,33H,7-8,10-11,14-17,19H2,1-3H3. The summed E-state index contributed by atoms with van der Waals surface area (Å²) in [6.07, 6.45) is 0.920. The third-order valence-electron chi connectivity index (χ3n) is 7.91. The molecule has 0 bridgehead atoms. The summed E-state index contributed by atoms with van der Waals surface area (Å²) in [5, 5.41) is 3.27. The Balaban J connectivity index is 1.22. The molecule has 196 valence electrons. The number of carbonyl (C=O) groups excluding carboxylic acids is 1. The molecule has 2 aromatic carbocycles. The number of carbonyl (C=O) groups is 1. The Labute approximate surface area is 212 Å². The molecule has 1 saturated carbocycles. The maximum absolute atomic E-state index is 13.2. The molecule has 4 rings (SSSR count). The predicted molar refractivity (Wildman–Crippen MR) is 139 cm³/mol. The molecular formula is C29H38F3N3O. The molecule has 36 heavy (non-hydrogen) atoms. The molecule has 4 nitrogen and oxygen atoms in total. The summed E-state index contributed by atoms with van der Waals surface area (Å²) in [6.45, 7) is 6.40. The van der Waals surface area contributed by atoms with E-state index in [4.69, 9.17) is 0 Å². The van der Waals surface area contributed by atoms with Crippen molar-refractivity contribution >= 4 is 17.3 Å². The molecule has 0 spiro atoms. The fraction of sp³-hybridized carbons (Fsp3) is 0.552. The van der Waals surface area contributed by atoms with E-state index < -0.39 is 11.7 Å². The van der Waals surface area contributed by atoms with E-state index in [1.807, 2.05) is 11.9 Å². The zero-order chi connectivity index (χ0) is 25.9. The van der Waals surface area contributed by atoms with Crippen molar-refractivity contribution in [2.75, 3.05) is 36.9 Å². The van der Waals surface area contributed by atoms with Crippen LogP contribution < -0.4 is 10.2 Å². The van der Waals surface area contributed by atoms with Crippen LogP contribution in [-0.4, -0.2) is 43.5 Å². The number of alkyl halides is 3. The molecule has 1 amide bonds. The molecule has 0 aromatic heterocycles. The second-order valence-electron chi connectivity index (χ2n) is 10.7. The monoisotopic (exact) mass is 501 g/mol. The Morgan fingerprint density at radius 2 is 1.61 bits per heavy atom. The van der Waals surface area contributed by atoms with Crippen molar-refractivity contribution in [2.45, 2.75) is 64.6 Å². The average molecular weight is 502 g/mol. The molecule has 1 aliphatic carbocycles. The molecule has 2 aliphatic rings. The van der Waals surface area contributed by atoms with Crippen LogP contribution in [0.25, 0.3) is 0 Å². The van der Waals surface area contributed by atoms with Gasteiger partial charge in [-0.1, -0.05) is 23.8 Å². The first-order chi connectivity index (χ1) is 17.1. The number of piperidine rings is 1. The van der Waals surface area contributed by atoms with Gasteiger partial charge in [-0.2, -0.15) is 13.2 Å². The molecular weight excluding hydrogens is 463 g/mol. The fourth-order valence-corrected chi connectivity index (χ4v) is 5.66. The van der Waals surface area contributed by atoms with Gasteiger partial charge in [0.2, 0.25) is 5.91 Å². The molecule has 1 heterocycles. The summed E-state index contributed by atoms with van der Waals surface area (Å²) < 4.78 is 39.7. The summed E-state index contributed by atoms with van der Waals surface area (Å²) in [6, 6.07) is 13.2. The van der Waals surface area contributed by atoms with E-state index >= 15 is 0 Å². The highest BCUT2D eigenvalue weighted by atomic mass is 19.4. The van der Waals surface area contributed by atoms with E-state index in [2.05, 4.69) is 41.4 Å². The largest absolute Gasteiger partial charge is 0.416 e. The molecule has 7 heteroatoms. The van der Waals surface area contributed by atoms with Gasteiger partial charge in [0.05, 0.1) is 5.56 Å². The van der Waals surface area contributed by atoms with Gasteiger partial charge in [-0.05, 0) is 88.1 Å². The van der Waals surface area contributed by atoms with E-state index in [-0.39, 0.29) is 23.4 Å². The minimum Gasteiger partial charge on any atom is -0.382 e. The number of amides is 1. The highest BCUT2D eigenvalue weighted by molar-refractivity contribution is 5.78. The van der Waals surface area contributed by atoms with Gasteiger partial charge < -0.3 is 15.1 Å². The minimum atomic E-state index is -4.35. The molecule has 1 aliphatic heterocycles. The lowest BCUT2D eigenvalue weighted by Gasteiger charge is -2.36. The molecule has 0 unspecified atom stereocenters.